The monoisotopic (exact) mass is 279 g/mol. The van der Waals surface area contributed by atoms with Crippen LogP contribution >= 0.6 is 0 Å². The van der Waals surface area contributed by atoms with Gasteiger partial charge in [0.05, 0.1) is 20.8 Å². The Kier molecular flexibility index (Phi) is 5.68. The second-order valence-corrected chi connectivity index (χ2v) is 5.28. The molecule has 0 aromatic heterocycles. The quantitative estimate of drug-likeness (QED) is 0.868. The van der Waals surface area contributed by atoms with Gasteiger partial charge in [-0.15, -0.1) is 0 Å². The molecule has 0 bridgehead atoms. The first-order chi connectivity index (χ1) is 9.80. The van der Waals surface area contributed by atoms with Crippen molar-refractivity contribution in [3.63, 3.8) is 0 Å². The van der Waals surface area contributed by atoms with Gasteiger partial charge in [-0.25, -0.2) is 0 Å². The van der Waals surface area contributed by atoms with Crippen molar-refractivity contribution in [2.24, 2.45) is 5.92 Å². The van der Waals surface area contributed by atoms with Gasteiger partial charge in [0, 0.05) is 12.7 Å². The molecule has 0 atom stereocenters. The Morgan fingerprint density at radius 3 is 2.20 bits per heavy atom. The van der Waals surface area contributed by atoms with Crippen molar-refractivity contribution in [3.05, 3.63) is 23.3 Å². The zero-order valence-electron chi connectivity index (χ0n) is 12.7. The molecule has 4 heteroatoms. The molecule has 0 spiro atoms. The molecular weight excluding hydrogens is 254 g/mol. The highest BCUT2D eigenvalue weighted by Gasteiger charge is 2.19. The van der Waals surface area contributed by atoms with E-state index in [1.165, 1.54) is 18.4 Å². The lowest BCUT2D eigenvalue weighted by atomic mass is 9.90. The molecule has 1 saturated heterocycles. The predicted octanol–water partition coefficient (Wildman–Crippen LogP) is 2.39. The summed E-state index contributed by atoms with van der Waals surface area (Å²) < 4.78 is 16.3. The Labute approximate surface area is 121 Å². The number of piperidine rings is 1. The largest absolute Gasteiger partial charge is 0.493 e. The number of benzene rings is 1. The van der Waals surface area contributed by atoms with Crippen LogP contribution in [0.5, 0.6) is 11.5 Å². The first kappa shape index (κ1) is 15.1. The van der Waals surface area contributed by atoms with E-state index in [9.17, 15) is 0 Å². The SMILES string of the molecule is COCc1ccc(CC2CCNCC2)c(OC)c1OC. The normalized spacial score (nSPS) is 16.1. The fourth-order valence-corrected chi connectivity index (χ4v) is 2.92. The summed E-state index contributed by atoms with van der Waals surface area (Å²) in [6.45, 7) is 2.77. The third kappa shape index (κ3) is 3.44. The first-order valence-electron chi connectivity index (χ1n) is 7.22. The van der Waals surface area contributed by atoms with Crippen LogP contribution < -0.4 is 14.8 Å². The van der Waals surface area contributed by atoms with Gasteiger partial charge in [-0.05, 0) is 43.8 Å². The van der Waals surface area contributed by atoms with Crippen molar-refractivity contribution >= 4 is 0 Å². The lowest BCUT2D eigenvalue weighted by molar-refractivity contribution is 0.180. The van der Waals surface area contributed by atoms with Crippen molar-refractivity contribution in [1.29, 1.82) is 0 Å². The Morgan fingerprint density at radius 2 is 1.60 bits per heavy atom. The molecule has 0 radical (unpaired) electrons. The molecule has 1 fully saturated rings. The molecule has 1 aromatic rings. The maximum atomic E-state index is 5.60. The van der Waals surface area contributed by atoms with Gasteiger partial charge in [0.25, 0.3) is 0 Å². The summed E-state index contributed by atoms with van der Waals surface area (Å²) in [4.78, 5) is 0. The van der Waals surface area contributed by atoms with Crippen molar-refractivity contribution in [2.45, 2.75) is 25.9 Å². The smallest absolute Gasteiger partial charge is 0.166 e. The van der Waals surface area contributed by atoms with Crippen molar-refractivity contribution in [2.75, 3.05) is 34.4 Å². The Morgan fingerprint density at radius 1 is 1.00 bits per heavy atom. The summed E-state index contributed by atoms with van der Waals surface area (Å²) in [5, 5.41) is 3.41. The van der Waals surface area contributed by atoms with E-state index in [-0.39, 0.29) is 0 Å². The van der Waals surface area contributed by atoms with Crippen LogP contribution in [0.3, 0.4) is 0 Å². The molecule has 0 saturated carbocycles. The van der Waals surface area contributed by atoms with E-state index < -0.39 is 0 Å². The van der Waals surface area contributed by atoms with Gasteiger partial charge in [-0.2, -0.15) is 0 Å². The topological polar surface area (TPSA) is 39.7 Å². The summed E-state index contributed by atoms with van der Waals surface area (Å²) in [7, 11) is 5.08. The summed E-state index contributed by atoms with van der Waals surface area (Å²) in [6, 6.07) is 4.24. The number of hydrogen-bond donors (Lipinski definition) is 1. The highest BCUT2D eigenvalue weighted by molar-refractivity contribution is 5.52. The zero-order chi connectivity index (χ0) is 14.4. The van der Waals surface area contributed by atoms with E-state index in [2.05, 4.69) is 17.4 Å². The van der Waals surface area contributed by atoms with Crippen LogP contribution in [-0.2, 0) is 17.8 Å². The number of hydrogen-bond acceptors (Lipinski definition) is 4. The van der Waals surface area contributed by atoms with E-state index in [1.807, 2.05) is 0 Å². The van der Waals surface area contributed by atoms with Crippen LogP contribution in [0.2, 0.25) is 0 Å². The van der Waals surface area contributed by atoms with Crippen LogP contribution in [0, 0.1) is 5.92 Å². The fourth-order valence-electron chi connectivity index (χ4n) is 2.92. The van der Waals surface area contributed by atoms with Gasteiger partial charge >= 0.3 is 0 Å². The average Bonchev–Trinajstić information content (AvgIpc) is 2.49. The molecule has 4 nitrogen and oxygen atoms in total. The molecular formula is C16H25NO3. The van der Waals surface area contributed by atoms with Gasteiger partial charge in [0.2, 0.25) is 0 Å². The minimum absolute atomic E-state index is 0.535. The molecule has 0 unspecified atom stereocenters. The summed E-state index contributed by atoms with van der Waals surface area (Å²) >= 11 is 0. The highest BCUT2D eigenvalue weighted by Crippen LogP contribution is 2.37. The highest BCUT2D eigenvalue weighted by atomic mass is 16.5. The van der Waals surface area contributed by atoms with Gasteiger partial charge in [-0.3, -0.25) is 0 Å². The molecule has 2 rings (SSSR count). The molecule has 1 aliphatic heterocycles. The van der Waals surface area contributed by atoms with Crippen LogP contribution in [0.15, 0.2) is 12.1 Å². The maximum absolute atomic E-state index is 5.60. The lowest BCUT2D eigenvalue weighted by Gasteiger charge is -2.24. The summed E-state index contributed by atoms with van der Waals surface area (Å²) in [5.41, 5.74) is 2.26. The third-order valence-electron chi connectivity index (χ3n) is 3.95. The number of nitrogens with one attached hydrogen (secondary N) is 1. The maximum Gasteiger partial charge on any atom is 0.166 e. The van der Waals surface area contributed by atoms with Crippen molar-refractivity contribution in [3.8, 4) is 11.5 Å². The number of ether oxygens (including phenoxy) is 3. The van der Waals surface area contributed by atoms with E-state index in [0.717, 1.165) is 42.5 Å². The Balaban J connectivity index is 2.23. The van der Waals surface area contributed by atoms with Crippen LogP contribution in [0.4, 0.5) is 0 Å². The third-order valence-corrected chi connectivity index (χ3v) is 3.95. The molecule has 1 N–H and O–H groups in total. The minimum Gasteiger partial charge on any atom is -0.493 e. The number of methoxy groups -OCH3 is 3. The second kappa shape index (κ2) is 7.50. The first-order valence-corrected chi connectivity index (χ1v) is 7.22. The fraction of sp³-hybridized carbons (Fsp3) is 0.625. The second-order valence-electron chi connectivity index (χ2n) is 5.28. The minimum atomic E-state index is 0.535. The summed E-state index contributed by atoms with van der Waals surface area (Å²) in [5.74, 6) is 2.39. The molecule has 112 valence electrons. The van der Waals surface area contributed by atoms with Gasteiger partial charge in [0.1, 0.15) is 0 Å². The summed E-state index contributed by atoms with van der Waals surface area (Å²) in [6.07, 6.45) is 3.51. The molecule has 1 heterocycles. The molecule has 1 aromatic carbocycles. The van der Waals surface area contributed by atoms with Gasteiger partial charge in [0.15, 0.2) is 11.5 Å². The van der Waals surface area contributed by atoms with Crippen LogP contribution in [0.1, 0.15) is 24.0 Å². The number of rotatable bonds is 6. The van der Waals surface area contributed by atoms with E-state index in [4.69, 9.17) is 14.2 Å². The molecule has 20 heavy (non-hydrogen) atoms. The van der Waals surface area contributed by atoms with E-state index >= 15 is 0 Å². The average molecular weight is 279 g/mol. The standard InChI is InChI=1S/C16H25NO3/c1-18-11-14-5-4-13(15(19-2)16(14)20-3)10-12-6-8-17-9-7-12/h4-5,12,17H,6-11H2,1-3H3. The predicted molar refractivity (Wildman–Crippen MR) is 79.6 cm³/mol. The van der Waals surface area contributed by atoms with E-state index in [1.54, 1.807) is 21.3 Å². The van der Waals surface area contributed by atoms with Crippen LogP contribution in [-0.4, -0.2) is 34.4 Å². The van der Waals surface area contributed by atoms with Gasteiger partial charge < -0.3 is 19.5 Å². The lowest BCUT2D eigenvalue weighted by Crippen LogP contribution is -2.28. The molecule has 0 aliphatic carbocycles. The Hall–Kier alpha value is -1.26. The van der Waals surface area contributed by atoms with Crippen LogP contribution in [0.25, 0.3) is 0 Å². The molecule has 0 amide bonds. The molecule has 1 aliphatic rings. The Bertz CT molecular complexity index is 428. The van der Waals surface area contributed by atoms with Crippen molar-refractivity contribution < 1.29 is 14.2 Å². The zero-order valence-corrected chi connectivity index (χ0v) is 12.7. The van der Waals surface area contributed by atoms with E-state index in [0.29, 0.717) is 6.61 Å². The van der Waals surface area contributed by atoms with Crippen molar-refractivity contribution in [1.82, 2.24) is 5.32 Å². The van der Waals surface area contributed by atoms with Gasteiger partial charge in [-0.1, -0.05) is 12.1 Å².